The molecule has 0 saturated carbocycles. The molecule has 8 nitrogen and oxygen atoms in total. The maximum absolute atomic E-state index is 4.61. The summed E-state index contributed by atoms with van der Waals surface area (Å²) >= 11 is 0. The topological polar surface area (TPSA) is 109 Å². The van der Waals surface area contributed by atoms with Crippen LogP contribution in [0, 0.1) is 13.8 Å². The summed E-state index contributed by atoms with van der Waals surface area (Å²) in [6, 6.07) is 3.88. The second kappa shape index (κ2) is 5.66. The molecule has 5 rings (SSSR count). The fourth-order valence-corrected chi connectivity index (χ4v) is 3.00. The molecule has 8 heteroatoms. The van der Waals surface area contributed by atoms with Crippen molar-refractivity contribution < 1.29 is 0 Å². The minimum Gasteiger partial charge on any atom is -0.325 e. The highest BCUT2D eigenvalue weighted by Gasteiger charge is 2.10. The van der Waals surface area contributed by atoms with Gasteiger partial charge in [-0.3, -0.25) is 0 Å². The highest BCUT2D eigenvalue weighted by Crippen LogP contribution is 2.19. The largest absolute Gasteiger partial charge is 0.325 e. The molecular weight excluding hydrogens is 340 g/mol. The van der Waals surface area contributed by atoms with E-state index in [2.05, 4.69) is 39.9 Å². The lowest BCUT2D eigenvalue weighted by Crippen LogP contribution is -1.86. The Hall–Kier alpha value is -3.68. The first-order valence-corrected chi connectivity index (χ1v) is 8.58. The summed E-state index contributed by atoms with van der Waals surface area (Å²) in [7, 11) is 0. The Kier molecular flexibility index (Phi) is 3.27. The van der Waals surface area contributed by atoms with E-state index in [-0.39, 0.29) is 0 Å². The summed E-state index contributed by atoms with van der Waals surface area (Å²) in [6.07, 6.45) is 5.59. The number of hydrogen-bond acceptors (Lipinski definition) is 6. The van der Waals surface area contributed by atoms with Crippen LogP contribution in [0.1, 0.15) is 41.3 Å². The van der Waals surface area contributed by atoms with Gasteiger partial charge in [-0.15, -0.1) is 0 Å². The number of nitrogens with zero attached hydrogens (tertiary/aromatic N) is 6. The van der Waals surface area contributed by atoms with Crippen molar-refractivity contribution in [3.63, 3.8) is 0 Å². The predicted octanol–water partition coefficient (Wildman–Crippen LogP) is 3.24. The van der Waals surface area contributed by atoms with Gasteiger partial charge in [-0.1, -0.05) is 0 Å². The maximum atomic E-state index is 4.61. The standard InChI is InChI=1S/C19H16N8/c1-9-6-14-21-15-7-10(2)19(25-15)27-16-8-11(3)18(26-16)23-13-5-4-12(20-13)22-17(9)24-14/h4-8H,1-3H3,(H2,20,21,22,23,24,25,26,27). The molecule has 132 valence electrons. The number of aromatic amines is 2. The molecule has 0 fully saturated rings. The molecule has 3 aromatic heterocycles. The van der Waals surface area contributed by atoms with Crippen molar-refractivity contribution in [2.24, 2.45) is 0 Å². The van der Waals surface area contributed by atoms with Gasteiger partial charge in [0, 0.05) is 0 Å². The third-order valence-corrected chi connectivity index (χ3v) is 4.39. The van der Waals surface area contributed by atoms with E-state index in [0.29, 0.717) is 34.6 Å². The van der Waals surface area contributed by atoms with Crippen molar-refractivity contribution in [1.29, 1.82) is 0 Å². The van der Waals surface area contributed by atoms with Crippen LogP contribution in [0.2, 0.25) is 0 Å². The van der Waals surface area contributed by atoms with Crippen LogP contribution in [0.3, 0.4) is 0 Å². The van der Waals surface area contributed by atoms with Gasteiger partial charge in [-0.2, -0.15) is 0 Å². The zero-order valence-corrected chi connectivity index (χ0v) is 15.1. The van der Waals surface area contributed by atoms with Gasteiger partial charge in [-0.05, 0) is 67.8 Å². The minimum absolute atomic E-state index is 0.594. The van der Waals surface area contributed by atoms with Crippen LogP contribution in [0.4, 0.5) is 0 Å². The van der Waals surface area contributed by atoms with Crippen molar-refractivity contribution in [3.05, 3.63) is 46.6 Å². The molecule has 0 aromatic carbocycles. The molecule has 0 amide bonds. The third-order valence-electron chi connectivity index (χ3n) is 4.39. The Labute approximate surface area is 154 Å². The van der Waals surface area contributed by atoms with Crippen LogP contribution >= 0.6 is 0 Å². The number of rotatable bonds is 0. The van der Waals surface area contributed by atoms with Crippen LogP contribution in [-0.2, 0) is 0 Å². The third kappa shape index (κ3) is 2.80. The van der Waals surface area contributed by atoms with Crippen molar-refractivity contribution in [3.8, 4) is 0 Å². The number of fused-ring (bicyclic) bond motifs is 8. The normalized spacial score (nSPS) is 13.1. The molecular formula is C19H16N8. The van der Waals surface area contributed by atoms with Gasteiger partial charge in [0.25, 0.3) is 0 Å². The summed E-state index contributed by atoms with van der Waals surface area (Å²) in [5.41, 5.74) is 5.75. The highest BCUT2D eigenvalue weighted by atomic mass is 15.0. The number of hydrogen-bond donors (Lipinski definition) is 2. The number of aryl methyl sites for hydroxylation is 2. The molecule has 2 N–H and O–H groups in total. The Balaban J connectivity index is 1.90. The van der Waals surface area contributed by atoms with Gasteiger partial charge >= 0.3 is 0 Å². The van der Waals surface area contributed by atoms with Crippen molar-refractivity contribution in [1.82, 2.24) is 39.9 Å². The Morgan fingerprint density at radius 1 is 0.630 bits per heavy atom. The SMILES string of the molecule is CC1=Cc2nc1nc1cc(C)c(nc3nc(nc4[nH]c(cc4C)n2)C=C3)[nH]1. The Morgan fingerprint density at radius 2 is 1.22 bits per heavy atom. The van der Waals surface area contributed by atoms with Crippen LogP contribution in [0.5, 0.6) is 0 Å². The molecule has 5 heterocycles. The molecule has 0 atom stereocenters. The number of nitrogens with one attached hydrogen (secondary N) is 2. The van der Waals surface area contributed by atoms with Gasteiger partial charge in [0.15, 0.2) is 23.3 Å². The Morgan fingerprint density at radius 3 is 1.85 bits per heavy atom. The van der Waals surface area contributed by atoms with Gasteiger partial charge in [0.05, 0.1) is 0 Å². The predicted molar refractivity (Wildman–Crippen MR) is 104 cm³/mol. The zero-order valence-electron chi connectivity index (χ0n) is 15.1. The molecule has 0 radical (unpaired) electrons. The van der Waals surface area contributed by atoms with Crippen LogP contribution < -0.4 is 0 Å². The minimum atomic E-state index is 0.594. The first-order chi connectivity index (χ1) is 13.0. The lowest BCUT2D eigenvalue weighted by molar-refractivity contribution is 1.11. The Bertz CT molecular complexity index is 1310. The molecule has 8 bridgehead atoms. The molecule has 27 heavy (non-hydrogen) atoms. The fourth-order valence-electron chi connectivity index (χ4n) is 3.00. The van der Waals surface area contributed by atoms with E-state index >= 15 is 0 Å². The molecule has 0 aliphatic carbocycles. The van der Waals surface area contributed by atoms with Gasteiger partial charge in [-0.25, -0.2) is 29.9 Å². The van der Waals surface area contributed by atoms with Crippen LogP contribution in [-0.4, -0.2) is 39.9 Å². The number of H-pyrrole nitrogens is 2. The monoisotopic (exact) mass is 356 g/mol. The van der Waals surface area contributed by atoms with E-state index in [1.165, 1.54) is 0 Å². The first-order valence-electron chi connectivity index (χ1n) is 8.58. The summed E-state index contributed by atoms with van der Waals surface area (Å²) in [5.74, 6) is 2.43. The molecule has 2 aliphatic heterocycles. The number of aromatic nitrogens is 8. The van der Waals surface area contributed by atoms with Crippen molar-refractivity contribution in [2.45, 2.75) is 20.8 Å². The average Bonchev–Trinajstić information content (AvgIpc) is 3.34. The maximum Gasteiger partial charge on any atom is 0.159 e. The molecule has 0 saturated heterocycles. The summed E-state index contributed by atoms with van der Waals surface area (Å²) < 4.78 is 0. The second-order valence-corrected chi connectivity index (χ2v) is 6.60. The van der Waals surface area contributed by atoms with E-state index in [1.807, 2.05) is 51.1 Å². The van der Waals surface area contributed by atoms with E-state index < -0.39 is 0 Å². The lowest BCUT2D eigenvalue weighted by Gasteiger charge is -1.87. The molecule has 2 aliphatic rings. The molecule has 0 unspecified atom stereocenters. The quantitative estimate of drug-likeness (QED) is 0.500. The highest BCUT2D eigenvalue weighted by molar-refractivity contribution is 5.79. The van der Waals surface area contributed by atoms with Gasteiger partial charge in [0.2, 0.25) is 0 Å². The first kappa shape index (κ1) is 15.6. The van der Waals surface area contributed by atoms with Crippen LogP contribution in [0.15, 0.2) is 12.1 Å². The van der Waals surface area contributed by atoms with Gasteiger partial charge in [0.1, 0.15) is 22.6 Å². The fraction of sp³-hybridized carbons (Fsp3) is 0.158. The zero-order chi connectivity index (χ0) is 18.5. The average molecular weight is 356 g/mol. The lowest BCUT2D eigenvalue weighted by atomic mass is 10.3. The van der Waals surface area contributed by atoms with Crippen molar-refractivity contribution in [2.75, 3.05) is 0 Å². The summed E-state index contributed by atoms with van der Waals surface area (Å²) in [4.78, 5) is 33.8. The van der Waals surface area contributed by atoms with E-state index in [0.717, 1.165) is 28.0 Å². The second-order valence-electron chi connectivity index (χ2n) is 6.60. The van der Waals surface area contributed by atoms with E-state index in [1.54, 1.807) is 0 Å². The van der Waals surface area contributed by atoms with E-state index in [9.17, 15) is 0 Å². The molecule has 3 aromatic rings. The summed E-state index contributed by atoms with van der Waals surface area (Å²) in [5, 5.41) is 0. The van der Waals surface area contributed by atoms with Crippen molar-refractivity contribution >= 4 is 46.4 Å². The van der Waals surface area contributed by atoms with Gasteiger partial charge < -0.3 is 9.97 Å². The molecule has 0 spiro atoms. The van der Waals surface area contributed by atoms with Crippen LogP contribution in [0.25, 0.3) is 46.4 Å². The van der Waals surface area contributed by atoms with E-state index in [4.69, 9.17) is 0 Å². The summed E-state index contributed by atoms with van der Waals surface area (Å²) in [6.45, 7) is 5.92. The smallest absolute Gasteiger partial charge is 0.159 e. The number of allylic oxidation sites excluding steroid dienone is 1.